The number of nitrogens with zero attached hydrogens (tertiary/aromatic N) is 3. The number of para-hydroxylation sites is 1. The summed E-state index contributed by atoms with van der Waals surface area (Å²) in [6, 6.07) is 17.0. The lowest BCUT2D eigenvalue weighted by Crippen LogP contribution is -2.13. The van der Waals surface area contributed by atoms with Crippen LogP contribution in [0.2, 0.25) is 0 Å². The van der Waals surface area contributed by atoms with Crippen LogP contribution in [-0.2, 0) is 0 Å². The highest BCUT2D eigenvalue weighted by molar-refractivity contribution is 7.19. The van der Waals surface area contributed by atoms with Crippen LogP contribution in [0.3, 0.4) is 0 Å². The van der Waals surface area contributed by atoms with Crippen LogP contribution in [0.15, 0.2) is 60.8 Å². The number of nitrogens with one attached hydrogen (secondary N) is 1. The third-order valence-electron chi connectivity index (χ3n) is 3.75. The first-order valence-electron chi connectivity index (χ1n) is 7.77. The van der Waals surface area contributed by atoms with E-state index in [0.717, 1.165) is 27.2 Å². The van der Waals surface area contributed by atoms with Crippen molar-refractivity contribution in [3.63, 3.8) is 0 Å². The maximum absolute atomic E-state index is 12.5. The number of hydrogen-bond acceptors (Lipinski definition) is 5. The van der Waals surface area contributed by atoms with E-state index in [1.54, 1.807) is 12.3 Å². The van der Waals surface area contributed by atoms with E-state index in [1.165, 1.54) is 11.3 Å². The number of pyridine rings is 2. The number of amides is 1. The molecule has 0 aliphatic carbocycles. The first-order valence-corrected chi connectivity index (χ1v) is 8.58. The van der Waals surface area contributed by atoms with E-state index >= 15 is 0 Å². The fourth-order valence-corrected chi connectivity index (χ4v) is 3.48. The molecule has 4 rings (SSSR count). The van der Waals surface area contributed by atoms with Crippen molar-refractivity contribution in [3.05, 3.63) is 72.2 Å². The van der Waals surface area contributed by atoms with Crippen molar-refractivity contribution < 1.29 is 4.79 Å². The SMILES string of the molecule is Cc1nc(NC(=O)c2ccc3ccccc3n2)sc1-c1ccccn1. The standard InChI is InChI=1S/C19H14N4OS/c1-12-17(15-8-4-5-11-20-15)25-19(21-12)23-18(24)16-10-9-13-6-2-3-7-14(13)22-16/h2-11H,1H3,(H,21,23,24). The highest BCUT2D eigenvalue weighted by atomic mass is 32.1. The van der Waals surface area contributed by atoms with E-state index in [9.17, 15) is 4.79 Å². The number of rotatable bonds is 3. The fourth-order valence-electron chi connectivity index (χ4n) is 2.54. The lowest BCUT2D eigenvalue weighted by molar-refractivity contribution is 0.102. The van der Waals surface area contributed by atoms with Crippen molar-refractivity contribution in [2.45, 2.75) is 6.92 Å². The summed E-state index contributed by atoms with van der Waals surface area (Å²) in [4.78, 5) is 26.6. The first-order chi connectivity index (χ1) is 12.2. The second-order valence-corrected chi connectivity index (χ2v) is 6.49. The van der Waals surface area contributed by atoms with Gasteiger partial charge in [0.2, 0.25) is 0 Å². The largest absolute Gasteiger partial charge is 0.296 e. The van der Waals surface area contributed by atoms with E-state index in [0.29, 0.717) is 10.8 Å². The van der Waals surface area contributed by atoms with Crippen molar-refractivity contribution >= 4 is 33.3 Å². The molecule has 1 N–H and O–H groups in total. The molecule has 122 valence electrons. The molecule has 0 aliphatic rings. The Hall–Kier alpha value is -3.12. The molecule has 3 heterocycles. The number of fused-ring (bicyclic) bond motifs is 1. The van der Waals surface area contributed by atoms with Gasteiger partial charge in [-0.3, -0.25) is 15.1 Å². The molecule has 0 saturated carbocycles. The van der Waals surface area contributed by atoms with Crippen molar-refractivity contribution in [2.24, 2.45) is 0 Å². The topological polar surface area (TPSA) is 67.8 Å². The van der Waals surface area contributed by atoms with E-state index in [-0.39, 0.29) is 5.91 Å². The summed E-state index contributed by atoms with van der Waals surface area (Å²) >= 11 is 1.41. The van der Waals surface area contributed by atoms with Crippen molar-refractivity contribution in [3.8, 4) is 10.6 Å². The van der Waals surface area contributed by atoms with Gasteiger partial charge in [0.25, 0.3) is 5.91 Å². The van der Waals surface area contributed by atoms with Crippen LogP contribution in [-0.4, -0.2) is 20.9 Å². The van der Waals surface area contributed by atoms with Gasteiger partial charge < -0.3 is 0 Å². The number of carbonyl (C=O) groups is 1. The summed E-state index contributed by atoms with van der Waals surface area (Å²) in [6.07, 6.45) is 1.74. The second-order valence-electron chi connectivity index (χ2n) is 5.49. The van der Waals surface area contributed by atoms with Gasteiger partial charge in [-0.25, -0.2) is 9.97 Å². The first kappa shape index (κ1) is 15.4. The average Bonchev–Trinajstić information content (AvgIpc) is 3.02. The van der Waals surface area contributed by atoms with E-state index in [2.05, 4.69) is 20.3 Å². The van der Waals surface area contributed by atoms with Crippen molar-refractivity contribution in [1.29, 1.82) is 0 Å². The summed E-state index contributed by atoms with van der Waals surface area (Å²) < 4.78 is 0. The quantitative estimate of drug-likeness (QED) is 0.600. The number of aryl methyl sites for hydroxylation is 1. The number of thiazole rings is 1. The molecule has 6 heteroatoms. The van der Waals surface area contributed by atoms with Crippen molar-refractivity contribution in [2.75, 3.05) is 5.32 Å². The number of anilines is 1. The lowest BCUT2D eigenvalue weighted by atomic mass is 10.2. The molecule has 0 unspecified atom stereocenters. The minimum Gasteiger partial charge on any atom is -0.296 e. The van der Waals surface area contributed by atoms with Gasteiger partial charge in [0.05, 0.1) is 21.8 Å². The van der Waals surface area contributed by atoms with Gasteiger partial charge in [0.15, 0.2) is 5.13 Å². The summed E-state index contributed by atoms with van der Waals surface area (Å²) in [5.74, 6) is -0.271. The Labute approximate surface area is 148 Å². The highest BCUT2D eigenvalue weighted by Gasteiger charge is 2.14. The minimum atomic E-state index is -0.271. The van der Waals surface area contributed by atoms with Crippen LogP contribution in [0.4, 0.5) is 5.13 Å². The van der Waals surface area contributed by atoms with Gasteiger partial charge in [-0.2, -0.15) is 0 Å². The molecule has 0 saturated heterocycles. The summed E-state index contributed by atoms with van der Waals surface area (Å²) in [6.45, 7) is 1.91. The molecule has 0 spiro atoms. The number of hydrogen-bond donors (Lipinski definition) is 1. The predicted molar refractivity (Wildman–Crippen MR) is 99.8 cm³/mol. The molecule has 0 fully saturated rings. The molecule has 0 atom stereocenters. The zero-order valence-corrected chi connectivity index (χ0v) is 14.2. The van der Waals surface area contributed by atoms with Crippen LogP contribution in [0, 0.1) is 6.92 Å². The Morgan fingerprint density at radius 3 is 2.68 bits per heavy atom. The Balaban J connectivity index is 1.60. The van der Waals surface area contributed by atoms with Gasteiger partial charge in [0, 0.05) is 11.6 Å². The maximum atomic E-state index is 12.5. The molecule has 5 nitrogen and oxygen atoms in total. The van der Waals surface area contributed by atoms with Crippen LogP contribution in [0.25, 0.3) is 21.5 Å². The summed E-state index contributed by atoms with van der Waals surface area (Å²) in [5.41, 5.74) is 2.85. The van der Waals surface area contributed by atoms with Crippen LogP contribution in [0.1, 0.15) is 16.2 Å². The Kier molecular flexibility index (Phi) is 3.95. The van der Waals surface area contributed by atoms with Crippen LogP contribution in [0.5, 0.6) is 0 Å². The summed E-state index contributed by atoms with van der Waals surface area (Å²) in [5, 5.41) is 4.37. The van der Waals surface area contributed by atoms with Crippen LogP contribution >= 0.6 is 11.3 Å². The Morgan fingerprint density at radius 1 is 1.00 bits per heavy atom. The molecular weight excluding hydrogens is 332 g/mol. The number of aromatic nitrogens is 3. The predicted octanol–water partition coefficient (Wildman–Crippen LogP) is 4.31. The van der Waals surface area contributed by atoms with Gasteiger partial charge in [-0.15, -0.1) is 0 Å². The lowest BCUT2D eigenvalue weighted by Gasteiger charge is -2.02. The molecule has 1 amide bonds. The molecular formula is C19H14N4OS. The molecule has 0 aliphatic heterocycles. The normalized spacial score (nSPS) is 10.8. The highest BCUT2D eigenvalue weighted by Crippen LogP contribution is 2.31. The second kappa shape index (κ2) is 6.41. The fraction of sp³-hybridized carbons (Fsp3) is 0.0526. The molecule has 1 aromatic carbocycles. The molecule has 0 radical (unpaired) electrons. The third-order valence-corrected chi connectivity index (χ3v) is 4.84. The van der Waals surface area contributed by atoms with Gasteiger partial charge in [-0.05, 0) is 31.2 Å². The van der Waals surface area contributed by atoms with Gasteiger partial charge >= 0.3 is 0 Å². The van der Waals surface area contributed by atoms with Gasteiger partial charge in [-0.1, -0.05) is 41.7 Å². The zero-order valence-electron chi connectivity index (χ0n) is 13.4. The van der Waals surface area contributed by atoms with Gasteiger partial charge in [0.1, 0.15) is 5.69 Å². The summed E-state index contributed by atoms with van der Waals surface area (Å²) in [7, 11) is 0. The zero-order chi connectivity index (χ0) is 17.2. The Bertz CT molecular complexity index is 1060. The monoisotopic (exact) mass is 346 g/mol. The van der Waals surface area contributed by atoms with E-state index in [4.69, 9.17) is 0 Å². The number of carbonyl (C=O) groups excluding carboxylic acids is 1. The van der Waals surface area contributed by atoms with E-state index < -0.39 is 0 Å². The van der Waals surface area contributed by atoms with Crippen LogP contribution < -0.4 is 5.32 Å². The smallest absolute Gasteiger partial charge is 0.276 e. The molecule has 25 heavy (non-hydrogen) atoms. The number of benzene rings is 1. The maximum Gasteiger partial charge on any atom is 0.276 e. The molecule has 4 aromatic rings. The van der Waals surface area contributed by atoms with Crippen molar-refractivity contribution in [1.82, 2.24) is 15.0 Å². The Morgan fingerprint density at radius 2 is 1.84 bits per heavy atom. The minimum absolute atomic E-state index is 0.271. The average molecular weight is 346 g/mol. The molecule has 3 aromatic heterocycles. The third kappa shape index (κ3) is 3.12. The molecule has 0 bridgehead atoms. The van der Waals surface area contributed by atoms with E-state index in [1.807, 2.05) is 55.5 Å².